The van der Waals surface area contributed by atoms with Crippen molar-refractivity contribution in [1.82, 2.24) is 5.32 Å². The SMILES string of the molecule is O=C(O)c1ccccc1CC1CCNC1. The molecule has 1 fully saturated rings. The molecule has 3 heteroatoms. The predicted octanol–water partition coefficient (Wildman–Crippen LogP) is 1.54. The van der Waals surface area contributed by atoms with E-state index in [4.69, 9.17) is 5.11 Å². The Labute approximate surface area is 89.1 Å². The van der Waals surface area contributed by atoms with Gasteiger partial charge in [-0.1, -0.05) is 18.2 Å². The zero-order valence-electron chi connectivity index (χ0n) is 8.57. The predicted molar refractivity (Wildman–Crippen MR) is 58.1 cm³/mol. The van der Waals surface area contributed by atoms with E-state index in [2.05, 4.69) is 5.32 Å². The smallest absolute Gasteiger partial charge is 0.335 e. The van der Waals surface area contributed by atoms with Crippen molar-refractivity contribution in [1.29, 1.82) is 0 Å². The van der Waals surface area contributed by atoms with Gasteiger partial charge in [0, 0.05) is 0 Å². The third-order valence-electron chi connectivity index (χ3n) is 2.92. The lowest BCUT2D eigenvalue weighted by Crippen LogP contribution is -2.12. The first kappa shape index (κ1) is 10.2. The monoisotopic (exact) mass is 205 g/mol. The molecule has 2 rings (SSSR count). The van der Waals surface area contributed by atoms with Gasteiger partial charge in [0.1, 0.15) is 0 Å². The maximum absolute atomic E-state index is 11.0. The van der Waals surface area contributed by atoms with Gasteiger partial charge in [0.05, 0.1) is 5.56 Å². The molecule has 0 saturated carbocycles. The lowest BCUT2D eigenvalue weighted by Gasteiger charge is -2.10. The van der Waals surface area contributed by atoms with Crippen molar-refractivity contribution in [2.24, 2.45) is 5.92 Å². The normalized spacial score (nSPS) is 20.4. The van der Waals surface area contributed by atoms with Crippen molar-refractivity contribution in [3.8, 4) is 0 Å². The fourth-order valence-corrected chi connectivity index (χ4v) is 2.11. The molecule has 1 unspecified atom stereocenters. The van der Waals surface area contributed by atoms with Gasteiger partial charge in [0.2, 0.25) is 0 Å². The van der Waals surface area contributed by atoms with E-state index in [-0.39, 0.29) is 0 Å². The summed E-state index contributed by atoms with van der Waals surface area (Å²) in [5.41, 5.74) is 1.41. The van der Waals surface area contributed by atoms with Crippen LogP contribution in [0, 0.1) is 5.92 Å². The average Bonchev–Trinajstić information content (AvgIpc) is 2.71. The number of nitrogens with one attached hydrogen (secondary N) is 1. The van der Waals surface area contributed by atoms with Gasteiger partial charge in [-0.25, -0.2) is 4.79 Å². The quantitative estimate of drug-likeness (QED) is 0.787. The van der Waals surface area contributed by atoms with Crippen LogP contribution < -0.4 is 5.32 Å². The lowest BCUT2D eigenvalue weighted by atomic mass is 9.95. The van der Waals surface area contributed by atoms with Gasteiger partial charge in [0.25, 0.3) is 0 Å². The van der Waals surface area contributed by atoms with E-state index in [0.29, 0.717) is 11.5 Å². The number of carbonyl (C=O) groups is 1. The minimum Gasteiger partial charge on any atom is -0.478 e. The molecule has 1 heterocycles. The molecule has 0 amide bonds. The number of hydrogen-bond donors (Lipinski definition) is 2. The third kappa shape index (κ3) is 2.36. The summed E-state index contributed by atoms with van der Waals surface area (Å²) in [5.74, 6) is -0.234. The molecule has 0 aliphatic carbocycles. The third-order valence-corrected chi connectivity index (χ3v) is 2.92. The Balaban J connectivity index is 2.15. The van der Waals surface area contributed by atoms with Crippen LogP contribution in [0.25, 0.3) is 0 Å². The molecule has 0 spiro atoms. The molecular formula is C12H15NO2. The van der Waals surface area contributed by atoms with E-state index in [0.717, 1.165) is 31.5 Å². The van der Waals surface area contributed by atoms with Crippen LogP contribution in [0.3, 0.4) is 0 Å². The number of rotatable bonds is 3. The second-order valence-corrected chi connectivity index (χ2v) is 4.03. The van der Waals surface area contributed by atoms with Crippen molar-refractivity contribution < 1.29 is 9.90 Å². The summed E-state index contributed by atoms with van der Waals surface area (Å²) in [7, 11) is 0. The Morgan fingerprint density at radius 3 is 2.93 bits per heavy atom. The molecule has 3 nitrogen and oxygen atoms in total. The van der Waals surface area contributed by atoms with E-state index < -0.39 is 5.97 Å². The van der Waals surface area contributed by atoms with E-state index in [9.17, 15) is 4.79 Å². The van der Waals surface area contributed by atoms with E-state index >= 15 is 0 Å². The summed E-state index contributed by atoms with van der Waals surface area (Å²) in [4.78, 5) is 11.0. The van der Waals surface area contributed by atoms with Gasteiger partial charge < -0.3 is 10.4 Å². The van der Waals surface area contributed by atoms with Gasteiger partial charge in [-0.05, 0) is 43.5 Å². The lowest BCUT2D eigenvalue weighted by molar-refractivity contribution is 0.0695. The highest BCUT2D eigenvalue weighted by molar-refractivity contribution is 5.89. The summed E-state index contributed by atoms with van der Waals surface area (Å²) < 4.78 is 0. The molecule has 0 radical (unpaired) electrons. The first-order chi connectivity index (χ1) is 7.27. The van der Waals surface area contributed by atoms with Crippen LogP contribution >= 0.6 is 0 Å². The maximum atomic E-state index is 11.0. The number of aromatic carboxylic acids is 1. The van der Waals surface area contributed by atoms with Crippen LogP contribution in [0.4, 0.5) is 0 Å². The topological polar surface area (TPSA) is 49.3 Å². The van der Waals surface area contributed by atoms with Crippen LogP contribution in [0.5, 0.6) is 0 Å². The summed E-state index contributed by atoms with van der Waals surface area (Å²) in [6.07, 6.45) is 2.02. The fraction of sp³-hybridized carbons (Fsp3) is 0.417. The zero-order valence-corrected chi connectivity index (χ0v) is 8.57. The molecule has 0 aromatic heterocycles. The molecule has 1 aliphatic heterocycles. The summed E-state index contributed by atoms with van der Waals surface area (Å²) >= 11 is 0. The van der Waals surface area contributed by atoms with Crippen molar-refractivity contribution in [2.75, 3.05) is 13.1 Å². The Morgan fingerprint density at radius 2 is 2.27 bits per heavy atom. The number of hydrogen-bond acceptors (Lipinski definition) is 2. The van der Waals surface area contributed by atoms with E-state index in [1.54, 1.807) is 12.1 Å². The highest BCUT2D eigenvalue weighted by atomic mass is 16.4. The highest BCUT2D eigenvalue weighted by Crippen LogP contribution is 2.18. The molecule has 2 N–H and O–H groups in total. The van der Waals surface area contributed by atoms with Crippen LogP contribution in [-0.2, 0) is 6.42 Å². The first-order valence-corrected chi connectivity index (χ1v) is 5.29. The van der Waals surface area contributed by atoms with Crippen LogP contribution in [-0.4, -0.2) is 24.2 Å². The van der Waals surface area contributed by atoms with Crippen molar-refractivity contribution in [3.05, 3.63) is 35.4 Å². The Kier molecular flexibility index (Phi) is 3.02. The molecule has 1 aliphatic rings. The van der Waals surface area contributed by atoms with E-state index in [1.165, 1.54) is 0 Å². The number of carboxylic acid groups (broad SMARTS) is 1. The Hall–Kier alpha value is -1.35. The first-order valence-electron chi connectivity index (χ1n) is 5.29. The van der Waals surface area contributed by atoms with Crippen molar-refractivity contribution in [3.63, 3.8) is 0 Å². The molecule has 80 valence electrons. The van der Waals surface area contributed by atoms with Gasteiger partial charge in [0.15, 0.2) is 0 Å². The van der Waals surface area contributed by atoms with Crippen molar-refractivity contribution >= 4 is 5.97 Å². The molecular weight excluding hydrogens is 190 g/mol. The fourth-order valence-electron chi connectivity index (χ4n) is 2.11. The highest BCUT2D eigenvalue weighted by Gasteiger charge is 2.17. The minimum absolute atomic E-state index is 0.449. The van der Waals surface area contributed by atoms with Crippen molar-refractivity contribution in [2.45, 2.75) is 12.8 Å². The molecule has 15 heavy (non-hydrogen) atoms. The molecule has 1 aromatic carbocycles. The zero-order chi connectivity index (χ0) is 10.7. The molecule has 1 aromatic rings. The van der Waals surface area contributed by atoms with E-state index in [1.807, 2.05) is 12.1 Å². The van der Waals surface area contributed by atoms with Gasteiger partial charge in [-0.3, -0.25) is 0 Å². The molecule has 1 saturated heterocycles. The Morgan fingerprint density at radius 1 is 1.47 bits per heavy atom. The molecule has 0 bridgehead atoms. The minimum atomic E-state index is -0.823. The number of benzene rings is 1. The summed E-state index contributed by atoms with van der Waals surface area (Å²) in [5, 5.41) is 12.3. The van der Waals surface area contributed by atoms with Gasteiger partial charge >= 0.3 is 5.97 Å². The van der Waals surface area contributed by atoms with Gasteiger partial charge in [-0.15, -0.1) is 0 Å². The molecule has 1 atom stereocenters. The number of carboxylic acids is 1. The van der Waals surface area contributed by atoms with Gasteiger partial charge in [-0.2, -0.15) is 0 Å². The summed E-state index contributed by atoms with van der Waals surface area (Å²) in [6.45, 7) is 2.06. The van der Waals surface area contributed by atoms with Crippen LogP contribution in [0.2, 0.25) is 0 Å². The average molecular weight is 205 g/mol. The Bertz CT molecular complexity index is 356. The van der Waals surface area contributed by atoms with Crippen LogP contribution in [0.15, 0.2) is 24.3 Å². The standard InChI is InChI=1S/C12H15NO2/c14-12(15)11-4-2-1-3-10(11)7-9-5-6-13-8-9/h1-4,9,13H,5-8H2,(H,14,15). The maximum Gasteiger partial charge on any atom is 0.335 e. The largest absolute Gasteiger partial charge is 0.478 e. The second-order valence-electron chi connectivity index (χ2n) is 4.03. The summed E-state index contributed by atoms with van der Waals surface area (Å²) in [6, 6.07) is 7.28. The van der Waals surface area contributed by atoms with Crippen LogP contribution in [0.1, 0.15) is 22.3 Å². The second kappa shape index (κ2) is 4.45.